The molecule has 0 aliphatic rings. The minimum Gasteiger partial charge on any atom is -0.273 e. The molecule has 0 bridgehead atoms. The minimum absolute atomic E-state index is 0.0108. The van der Waals surface area contributed by atoms with Crippen LogP contribution in [0.1, 0.15) is 102 Å². The summed E-state index contributed by atoms with van der Waals surface area (Å²) < 4.78 is 0. The van der Waals surface area contributed by atoms with Crippen LogP contribution < -0.4 is 5.43 Å². The van der Waals surface area contributed by atoms with Gasteiger partial charge in [-0.3, -0.25) is 4.79 Å². The number of hydrazone groups is 1. The SMILES string of the molecule is CCCCCCCCCCCCCCCC(=O)N/N=C/c1ccc(Cl)cc1. The van der Waals surface area contributed by atoms with E-state index in [1.807, 2.05) is 12.1 Å². The number of hydrogen-bond donors (Lipinski definition) is 1. The van der Waals surface area contributed by atoms with Gasteiger partial charge in [0, 0.05) is 11.4 Å². The number of nitrogens with one attached hydrogen (secondary N) is 1. The first-order valence-electron chi connectivity index (χ1n) is 10.8. The summed E-state index contributed by atoms with van der Waals surface area (Å²) in [5.74, 6) is -0.0108. The van der Waals surface area contributed by atoms with Crippen molar-refractivity contribution in [2.45, 2.75) is 96.8 Å². The zero-order valence-electron chi connectivity index (χ0n) is 17.0. The number of nitrogens with zero attached hydrogens (tertiary/aromatic N) is 1. The fraction of sp³-hybridized carbons (Fsp3) is 0.652. The zero-order valence-corrected chi connectivity index (χ0v) is 17.8. The molecule has 0 aliphatic carbocycles. The molecule has 4 heteroatoms. The summed E-state index contributed by atoms with van der Waals surface area (Å²) in [7, 11) is 0. The molecule has 0 spiro atoms. The number of carbonyl (C=O) groups excluding carboxylic acids is 1. The van der Waals surface area contributed by atoms with Gasteiger partial charge in [-0.05, 0) is 24.1 Å². The van der Waals surface area contributed by atoms with Crippen LogP contribution in [0.2, 0.25) is 5.02 Å². The third-order valence-corrected chi connectivity index (χ3v) is 5.03. The second-order valence-electron chi connectivity index (χ2n) is 7.34. The van der Waals surface area contributed by atoms with Crippen molar-refractivity contribution >= 4 is 23.7 Å². The molecule has 0 aromatic heterocycles. The van der Waals surface area contributed by atoms with Crippen LogP contribution in [0.3, 0.4) is 0 Å². The van der Waals surface area contributed by atoms with E-state index in [0.717, 1.165) is 18.4 Å². The topological polar surface area (TPSA) is 41.5 Å². The number of hydrogen-bond acceptors (Lipinski definition) is 2. The molecule has 1 rings (SSSR count). The Hall–Kier alpha value is -1.35. The largest absolute Gasteiger partial charge is 0.273 e. The summed E-state index contributed by atoms with van der Waals surface area (Å²) in [6.45, 7) is 2.27. The van der Waals surface area contributed by atoms with Crippen molar-refractivity contribution in [3.05, 3.63) is 34.9 Å². The van der Waals surface area contributed by atoms with Crippen molar-refractivity contribution in [3.8, 4) is 0 Å². The first-order valence-corrected chi connectivity index (χ1v) is 11.2. The summed E-state index contributed by atoms with van der Waals surface area (Å²) >= 11 is 5.83. The first kappa shape index (κ1) is 23.7. The quantitative estimate of drug-likeness (QED) is 0.179. The standard InChI is InChI=1S/C23H37ClN2O/c1-2-3-4-5-6-7-8-9-10-11-12-13-14-15-23(27)26-25-20-21-16-18-22(24)19-17-21/h16-20H,2-15H2,1H3,(H,26,27)/b25-20+. The van der Waals surface area contributed by atoms with Crippen molar-refractivity contribution < 1.29 is 4.79 Å². The highest BCUT2D eigenvalue weighted by molar-refractivity contribution is 6.30. The van der Waals surface area contributed by atoms with E-state index in [2.05, 4.69) is 17.5 Å². The van der Waals surface area contributed by atoms with E-state index < -0.39 is 0 Å². The maximum absolute atomic E-state index is 11.7. The lowest BCUT2D eigenvalue weighted by Crippen LogP contribution is -2.16. The van der Waals surface area contributed by atoms with E-state index in [4.69, 9.17) is 11.6 Å². The number of halogens is 1. The summed E-state index contributed by atoms with van der Waals surface area (Å²) in [6.07, 6.45) is 19.3. The van der Waals surface area contributed by atoms with Crippen LogP contribution in [-0.4, -0.2) is 12.1 Å². The zero-order chi connectivity index (χ0) is 19.6. The number of unbranched alkanes of at least 4 members (excludes halogenated alkanes) is 12. The second kappa shape index (κ2) is 16.8. The average molecular weight is 393 g/mol. The highest BCUT2D eigenvalue weighted by Gasteiger charge is 1.99. The van der Waals surface area contributed by atoms with Crippen molar-refractivity contribution in [1.29, 1.82) is 0 Å². The van der Waals surface area contributed by atoms with Crippen molar-refractivity contribution in [2.75, 3.05) is 0 Å². The lowest BCUT2D eigenvalue weighted by molar-refractivity contribution is -0.121. The Morgan fingerprint density at radius 2 is 1.33 bits per heavy atom. The molecule has 1 amide bonds. The van der Waals surface area contributed by atoms with Crippen molar-refractivity contribution in [3.63, 3.8) is 0 Å². The molecule has 0 saturated heterocycles. The normalized spacial score (nSPS) is 11.2. The molecule has 0 fully saturated rings. The third kappa shape index (κ3) is 14.4. The predicted octanol–water partition coefficient (Wildman–Crippen LogP) is 7.27. The maximum atomic E-state index is 11.7. The Bertz CT molecular complexity index is 514. The van der Waals surface area contributed by atoms with Crippen LogP contribution in [0.15, 0.2) is 29.4 Å². The predicted molar refractivity (Wildman–Crippen MR) is 118 cm³/mol. The van der Waals surface area contributed by atoms with Gasteiger partial charge in [0.05, 0.1) is 6.21 Å². The van der Waals surface area contributed by atoms with Crippen molar-refractivity contribution in [1.82, 2.24) is 5.43 Å². The Kier molecular flexibility index (Phi) is 14.7. The molecule has 0 atom stereocenters. The molecular formula is C23H37ClN2O. The van der Waals surface area contributed by atoms with Gasteiger partial charge in [0.25, 0.3) is 0 Å². The van der Waals surface area contributed by atoms with E-state index in [1.165, 1.54) is 70.6 Å². The van der Waals surface area contributed by atoms with Gasteiger partial charge in [-0.2, -0.15) is 5.10 Å². The molecule has 152 valence electrons. The lowest BCUT2D eigenvalue weighted by Gasteiger charge is -2.03. The van der Waals surface area contributed by atoms with Crippen LogP contribution >= 0.6 is 11.6 Å². The second-order valence-corrected chi connectivity index (χ2v) is 7.77. The number of benzene rings is 1. The summed E-state index contributed by atoms with van der Waals surface area (Å²) in [6, 6.07) is 7.34. The average Bonchev–Trinajstić information content (AvgIpc) is 2.67. The molecule has 0 heterocycles. The van der Waals surface area contributed by atoms with Gasteiger partial charge < -0.3 is 0 Å². The fourth-order valence-electron chi connectivity index (χ4n) is 3.09. The van der Waals surface area contributed by atoms with Crippen LogP contribution in [0.5, 0.6) is 0 Å². The number of carbonyl (C=O) groups is 1. The molecule has 1 aromatic carbocycles. The molecule has 0 unspecified atom stereocenters. The number of rotatable bonds is 16. The summed E-state index contributed by atoms with van der Waals surface area (Å²) in [5, 5.41) is 4.68. The minimum atomic E-state index is -0.0108. The van der Waals surface area contributed by atoms with Crippen LogP contribution in [0, 0.1) is 0 Å². The van der Waals surface area contributed by atoms with E-state index in [0.29, 0.717) is 11.4 Å². The molecular weight excluding hydrogens is 356 g/mol. The molecule has 1 N–H and O–H groups in total. The maximum Gasteiger partial charge on any atom is 0.240 e. The highest BCUT2D eigenvalue weighted by atomic mass is 35.5. The van der Waals surface area contributed by atoms with Crippen LogP contribution in [0.4, 0.5) is 0 Å². The van der Waals surface area contributed by atoms with Crippen molar-refractivity contribution in [2.24, 2.45) is 5.10 Å². The third-order valence-electron chi connectivity index (χ3n) is 4.78. The first-order chi connectivity index (χ1) is 13.2. The van der Waals surface area contributed by atoms with Gasteiger partial charge >= 0.3 is 0 Å². The Morgan fingerprint density at radius 1 is 0.852 bits per heavy atom. The van der Waals surface area contributed by atoms with Gasteiger partial charge in [-0.1, -0.05) is 108 Å². The van der Waals surface area contributed by atoms with Gasteiger partial charge in [0.2, 0.25) is 5.91 Å². The molecule has 27 heavy (non-hydrogen) atoms. The number of amides is 1. The van der Waals surface area contributed by atoms with E-state index in [1.54, 1.807) is 18.3 Å². The Labute approximate surface area is 171 Å². The monoisotopic (exact) mass is 392 g/mol. The van der Waals surface area contributed by atoms with Gasteiger partial charge in [-0.15, -0.1) is 0 Å². The molecule has 0 aliphatic heterocycles. The fourth-order valence-corrected chi connectivity index (χ4v) is 3.21. The molecule has 3 nitrogen and oxygen atoms in total. The highest BCUT2D eigenvalue weighted by Crippen LogP contribution is 2.13. The Balaban J connectivity index is 1.87. The summed E-state index contributed by atoms with van der Waals surface area (Å²) in [5.41, 5.74) is 3.50. The van der Waals surface area contributed by atoms with Gasteiger partial charge in [-0.25, -0.2) is 5.43 Å². The van der Waals surface area contributed by atoms with Gasteiger partial charge in [0.15, 0.2) is 0 Å². The smallest absolute Gasteiger partial charge is 0.240 e. The van der Waals surface area contributed by atoms with Crippen LogP contribution in [-0.2, 0) is 4.79 Å². The lowest BCUT2D eigenvalue weighted by atomic mass is 10.0. The molecule has 0 radical (unpaired) electrons. The van der Waals surface area contributed by atoms with E-state index in [-0.39, 0.29) is 5.91 Å². The Morgan fingerprint density at radius 3 is 1.85 bits per heavy atom. The van der Waals surface area contributed by atoms with Crippen LogP contribution in [0.25, 0.3) is 0 Å². The molecule has 0 saturated carbocycles. The van der Waals surface area contributed by atoms with Gasteiger partial charge in [0.1, 0.15) is 0 Å². The van der Waals surface area contributed by atoms with E-state index in [9.17, 15) is 4.79 Å². The van der Waals surface area contributed by atoms with E-state index >= 15 is 0 Å². The molecule has 1 aromatic rings. The summed E-state index contributed by atoms with van der Waals surface area (Å²) in [4.78, 5) is 11.7.